The summed E-state index contributed by atoms with van der Waals surface area (Å²) >= 11 is 0. The molecule has 0 aliphatic rings. The van der Waals surface area contributed by atoms with Crippen LogP contribution in [-0.2, 0) is 7.05 Å². The Kier molecular flexibility index (Phi) is 6.06. The number of hydrogen-bond acceptors (Lipinski definition) is 3. The monoisotopic (exact) mass is 246 g/mol. The van der Waals surface area contributed by atoms with Crippen LogP contribution in [0, 0.1) is 0 Å². The van der Waals surface area contributed by atoms with Gasteiger partial charge in [-0.2, -0.15) is 5.10 Å². The first-order valence-corrected chi connectivity index (χ1v) is 5.08. The second-order valence-corrected chi connectivity index (χ2v) is 3.80. The molecule has 1 rings (SSSR count). The van der Waals surface area contributed by atoms with Crippen LogP contribution >= 0.6 is 12.4 Å². The molecule has 92 valence electrons. The fraction of sp³-hybridized carbons (Fsp3) is 0.600. The van der Waals surface area contributed by atoms with E-state index in [9.17, 15) is 4.79 Å². The van der Waals surface area contributed by atoms with Crippen molar-refractivity contribution in [1.29, 1.82) is 0 Å². The van der Waals surface area contributed by atoms with Crippen molar-refractivity contribution in [2.24, 2.45) is 12.8 Å². The van der Waals surface area contributed by atoms with Crippen molar-refractivity contribution in [3.63, 3.8) is 0 Å². The molecule has 6 heteroatoms. The van der Waals surface area contributed by atoms with E-state index in [0.29, 0.717) is 18.7 Å². The molecule has 0 saturated heterocycles. The summed E-state index contributed by atoms with van der Waals surface area (Å²) in [5.74, 6) is 0.141. The molecule has 1 amide bonds. The van der Waals surface area contributed by atoms with Gasteiger partial charge in [-0.3, -0.25) is 9.48 Å². The number of nitrogens with two attached hydrogens (primary N) is 1. The fourth-order valence-electron chi connectivity index (χ4n) is 1.39. The second kappa shape index (κ2) is 6.50. The van der Waals surface area contributed by atoms with Crippen LogP contribution < -0.4 is 11.1 Å². The van der Waals surface area contributed by atoms with Crippen molar-refractivity contribution in [2.45, 2.75) is 19.8 Å². The largest absolute Gasteiger partial charge is 0.351 e. The SMILES string of the molecule is CC(C)c1nn(C)cc1C(=O)NCCN.Cl. The van der Waals surface area contributed by atoms with Gasteiger partial charge < -0.3 is 11.1 Å². The van der Waals surface area contributed by atoms with Crippen molar-refractivity contribution < 1.29 is 4.79 Å². The zero-order valence-corrected chi connectivity index (χ0v) is 10.7. The molecule has 1 aromatic rings. The van der Waals surface area contributed by atoms with E-state index in [0.717, 1.165) is 5.69 Å². The van der Waals surface area contributed by atoms with E-state index in [-0.39, 0.29) is 24.2 Å². The summed E-state index contributed by atoms with van der Waals surface area (Å²) in [6, 6.07) is 0. The van der Waals surface area contributed by atoms with Crippen LogP contribution in [-0.4, -0.2) is 28.8 Å². The third kappa shape index (κ3) is 3.50. The predicted octanol–water partition coefficient (Wildman–Crippen LogP) is 0.654. The standard InChI is InChI=1S/C10H18N4O.ClH/c1-7(2)9-8(6-14(3)13-9)10(15)12-5-4-11;/h6-7H,4-5,11H2,1-3H3,(H,12,15);1H. The molecule has 16 heavy (non-hydrogen) atoms. The Morgan fingerprint density at radius 1 is 1.62 bits per heavy atom. The van der Waals surface area contributed by atoms with Crippen molar-refractivity contribution in [3.05, 3.63) is 17.5 Å². The summed E-state index contributed by atoms with van der Waals surface area (Å²) < 4.78 is 1.66. The van der Waals surface area contributed by atoms with Crippen LogP contribution in [0.4, 0.5) is 0 Å². The zero-order valence-electron chi connectivity index (χ0n) is 9.86. The number of hydrogen-bond donors (Lipinski definition) is 2. The highest BCUT2D eigenvalue weighted by Crippen LogP contribution is 2.16. The lowest BCUT2D eigenvalue weighted by molar-refractivity contribution is 0.0953. The molecule has 0 bridgehead atoms. The van der Waals surface area contributed by atoms with Gasteiger partial charge in [-0.25, -0.2) is 0 Å². The van der Waals surface area contributed by atoms with Crippen molar-refractivity contribution >= 4 is 18.3 Å². The molecular weight excluding hydrogens is 228 g/mol. The van der Waals surface area contributed by atoms with E-state index in [1.165, 1.54) is 0 Å². The van der Waals surface area contributed by atoms with Gasteiger partial charge in [0.05, 0.1) is 11.3 Å². The van der Waals surface area contributed by atoms with Crippen molar-refractivity contribution in [3.8, 4) is 0 Å². The Bertz CT molecular complexity index is 349. The second-order valence-electron chi connectivity index (χ2n) is 3.80. The third-order valence-corrected chi connectivity index (χ3v) is 2.08. The molecule has 1 heterocycles. The molecule has 5 nitrogen and oxygen atoms in total. The molecule has 0 spiro atoms. The molecular formula is C10H19ClN4O. The summed E-state index contributed by atoms with van der Waals surface area (Å²) in [4.78, 5) is 11.7. The number of nitrogens with one attached hydrogen (secondary N) is 1. The fourth-order valence-corrected chi connectivity index (χ4v) is 1.39. The topological polar surface area (TPSA) is 72.9 Å². The number of nitrogens with zero attached hydrogens (tertiary/aromatic N) is 2. The summed E-state index contributed by atoms with van der Waals surface area (Å²) in [6.07, 6.45) is 1.74. The van der Waals surface area contributed by atoms with Crippen LogP contribution in [0.1, 0.15) is 35.8 Å². The van der Waals surface area contributed by atoms with E-state index >= 15 is 0 Å². The van der Waals surface area contributed by atoms with E-state index in [1.54, 1.807) is 10.9 Å². The van der Waals surface area contributed by atoms with Gasteiger partial charge in [0.25, 0.3) is 5.91 Å². The minimum Gasteiger partial charge on any atom is -0.351 e. The molecule has 0 radical (unpaired) electrons. The highest BCUT2D eigenvalue weighted by atomic mass is 35.5. The highest BCUT2D eigenvalue weighted by Gasteiger charge is 2.17. The summed E-state index contributed by atoms with van der Waals surface area (Å²) in [7, 11) is 1.81. The molecule has 0 saturated carbocycles. The average molecular weight is 247 g/mol. The first kappa shape index (κ1) is 14.9. The van der Waals surface area contributed by atoms with E-state index < -0.39 is 0 Å². The summed E-state index contributed by atoms with van der Waals surface area (Å²) in [6.45, 7) is 4.97. The van der Waals surface area contributed by atoms with Crippen LogP contribution in [0.25, 0.3) is 0 Å². The maximum absolute atomic E-state index is 11.7. The zero-order chi connectivity index (χ0) is 11.4. The minimum absolute atomic E-state index is 0. The lowest BCUT2D eigenvalue weighted by Crippen LogP contribution is -2.29. The molecule has 0 fully saturated rings. The normalized spacial score (nSPS) is 10.1. The Morgan fingerprint density at radius 3 is 2.75 bits per heavy atom. The van der Waals surface area contributed by atoms with Crippen LogP contribution in [0.5, 0.6) is 0 Å². The number of rotatable bonds is 4. The highest BCUT2D eigenvalue weighted by molar-refractivity contribution is 5.95. The molecule has 3 N–H and O–H groups in total. The molecule has 0 aromatic carbocycles. The van der Waals surface area contributed by atoms with Gasteiger partial charge in [-0.05, 0) is 5.92 Å². The lowest BCUT2D eigenvalue weighted by Gasteiger charge is -2.05. The van der Waals surface area contributed by atoms with Crippen LogP contribution in [0.15, 0.2) is 6.20 Å². The van der Waals surface area contributed by atoms with Gasteiger partial charge in [0, 0.05) is 26.3 Å². The Balaban J connectivity index is 0.00000225. The summed E-state index contributed by atoms with van der Waals surface area (Å²) in [5.41, 5.74) is 6.79. The quantitative estimate of drug-likeness (QED) is 0.820. The molecule has 0 unspecified atom stereocenters. The molecule has 0 atom stereocenters. The number of carbonyl (C=O) groups is 1. The van der Waals surface area contributed by atoms with Gasteiger partial charge in [-0.1, -0.05) is 13.8 Å². The smallest absolute Gasteiger partial charge is 0.254 e. The lowest BCUT2D eigenvalue weighted by atomic mass is 10.1. The average Bonchev–Trinajstić information content (AvgIpc) is 2.57. The maximum Gasteiger partial charge on any atom is 0.254 e. The third-order valence-electron chi connectivity index (χ3n) is 2.08. The number of halogens is 1. The number of amides is 1. The number of carbonyl (C=O) groups excluding carboxylic acids is 1. The van der Waals surface area contributed by atoms with E-state index in [1.807, 2.05) is 20.9 Å². The van der Waals surface area contributed by atoms with E-state index in [4.69, 9.17) is 5.73 Å². The first-order valence-electron chi connectivity index (χ1n) is 5.08. The van der Waals surface area contributed by atoms with Crippen LogP contribution in [0.2, 0.25) is 0 Å². The number of aromatic nitrogens is 2. The minimum atomic E-state index is -0.0998. The maximum atomic E-state index is 11.7. The van der Waals surface area contributed by atoms with Crippen LogP contribution in [0.3, 0.4) is 0 Å². The molecule has 0 aliphatic heterocycles. The Hall–Kier alpha value is -1.07. The Labute approximate surface area is 102 Å². The predicted molar refractivity (Wildman–Crippen MR) is 65.9 cm³/mol. The number of aryl methyl sites for hydroxylation is 1. The van der Waals surface area contributed by atoms with Gasteiger partial charge in [0.1, 0.15) is 0 Å². The Morgan fingerprint density at radius 2 is 2.25 bits per heavy atom. The van der Waals surface area contributed by atoms with Gasteiger partial charge >= 0.3 is 0 Å². The molecule has 0 aliphatic carbocycles. The summed E-state index contributed by atoms with van der Waals surface area (Å²) in [5, 5.41) is 7.00. The van der Waals surface area contributed by atoms with Gasteiger partial charge in [0.15, 0.2) is 0 Å². The van der Waals surface area contributed by atoms with Gasteiger partial charge in [0.2, 0.25) is 0 Å². The van der Waals surface area contributed by atoms with Gasteiger partial charge in [-0.15, -0.1) is 12.4 Å². The first-order chi connectivity index (χ1) is 7.06. The van der Waals surface area contributed by atoms with Crippen molar-refractivity contribution in [2.75, 3.05) is 13.1 Å². The van der Waals surface area contributed by atoms with E-state index in [2.05, 4.69) is 10.4 Å². The van der Waals surface area contributed by atoms with Crippen molar-refractivity contribution in [1.82, 2.24) is 15.1 Å². The molecule has 1 aromatic heterocycles.